The highest BCUT2D eigenvalue weighted by Gasteiger charge is 2.17. The molecular formula is C14H23N3O. The lowest BCUT2D eigenvalue weighted by Crippen LogP contribution is -2.49. The van der Waals surface area contributed by atoms with E-state index < -0.39 is 0 Å². The Kier molecular flexibility index (Phi) is 4.44. The third-order valence-corrected chi connectivity index (χ3v) is 3.36. The van der Waals surface area contributed by atoms with Crippen LogP contribution in [0.25, 0.3) is 0 Å². The number of anilines is 1. The van der Waals surface area contributed by atoms with Gasteiger partial charge in [0.25, 0.3) is 0 Å². The van der Waals surface area contributed by atoms with Gasteiger partial charge in [0.15, 0.2) is 0 Å². The lowest BCUT2D eigenvalue weighted by molar-refractivity contribution is 0.247. The zero-order valence-corrected chi connectivity index (χ0v) is 11.3. The number of rotatable bonds is 4. The first-order valence-corrected chi connectivity index (χ1v) is 6.56. The molecule has 1 heterocycles. The Hall–Kier alpha value is -1.26. The van der Waals surface area contributed by atoms with Gasteiger partial charge in [-0.2, -0.15) is 0 Å². The van der Waals surface area contributed by atoms with E-state index >= 15 is 0 Å². The number of ether oxygens (including phenoxy) is 1. The fraction of sp³-hybridized carbons (Fsp3) is 0.571. The average molecular weight is 249 g/mol. The van der Waals surface area contributed by atoms with Crippen molar-refractivity contribution in [1.82, 2.24) is 4.90 Å². The summed E-state index contributed by atoms with van der Waals surface area (Å²) >= 11 is 0. The standard InChI is InChI=1S/C14H23N3O/c1-12(15)11-16-7-9-17(10-8-16)13-3-5-14(18-2)6-4-13/h3-6,12H,7-11,15H2,1-2H3/t12-/m0/s1. The Morgan fingerprint density at radius 2 is 1.78 bits per heavy atom. The third kappa shape index (κ3) is 3.37. The van der Waals surface area contributed by atoms with Crippen LogP contribution >= 0.6 is 0 Å². The monoisotopic (exact) mass is 249 g/mol. The van der Waals surface area contributed by atoms with Crippen LogP contribution in [0, 0.1) is 0 Å². The molecule has 0 aliphatic carbocycles. The highest BCUT2D eigenvalue weighted by molar-refractivity contribution is 5.49. The minimum atomic E-state index is 0.262. The predicted octanol–water partition coefficient (Wildman–Crippen LogP) is 1.16. The second-order valence-corrected chi connectivity index (χ2v) is 4.96. The summed E-state index contributed by atoms with van der Waals surface area (Å²) in [5.41, 5.74) is 7.11. The lowest BCUT2D eigenvalue weighted by atomic mass is 10.2. The second-order valence-electron chi connectivity index (χ2n) is 4.96. The number of benzene rings is 1. The fourth-order valence-electron chi connectivity index (χ4n) is 2.39. The number of hydrogen-bond donors (Lipinski definition) is 1. The summed E-state index contributed by atoms with van der Waals surface area (Å²) in [7, 11) is 1.70. The molecular weight excluding hydrogens is 226 g/mol. The van der Waals surface area contributed by atoms with Gasteiger partial charge in [-0.1, -0.05) is 0 Å². The van der Waals surface area contributed by atoms with Crippen molar-refractivity contribution in [1.29, 1.82) is 0 Å². The molecule has 0 saturated carbocycles. The fourth-order valence-corrected chi connectivity index (χ4v) is 2.39. The molecule has 0 bridgehead atoms. The molecule has 0 radical (unpaired) electrons. The molecule has 1 aromatic carbocycles. The number of nitrogens with two attached hydrogens (primary N) is 1. The van der Waals surface area contributed by atoms with Gasteiger partial charge in [-0.3, -0.25) is 4.90 Å². The maximum absolute atomic E-state index is 5.83. The van der Waals surface area contributed by atoms with Crippen molar-refractivity contribution in [3.05, 3.63) is 24.3 Å². The predicted molar refractivity (Wildman–Crippen MR) is 75.3 cm³/mol. The molecule has 4 nitrogen and oxygen atoms in total. The van der Waals surface area contributed by atoms with E-state index in [2.05, 4.69) is 28.9 Å². The molecule has 1 aliphatic heterocycles. The van der Waals surface area contributed by atoms with E-state index in [4.69, 9.17) is 10.5 Å². The highest BCUT2D eigenvalue weighted by Crippen LogP contribution is 2.20. The molecule has 18 heavy (non-hydrogen) atoms. The minimum absolute atomic E-state index is 0.262. The van der Waals surface area contributed by atoms with Crippen molar-refractivity contribution in [2.24, 2.45) is 5.73 Å². The number of methoxy groups -OCH3 is 1. The van der Waals surface area contributed by atoms with Crippen LogP contribution in [0.3, 0.4) is 0 Å². The van der Waals surface area contributed by atoms with Crippen molar-refractivity contribution in [2.45, 2.75) is 13.0 Å². The Balaban J connectivity index is 1.88. The highest BCUT2D eigenvalue weighted by atomic mass is 16.5. The summed E-state index contributed by atoms with van der Waals surface area (Å²) in [6.45, 7) is 7.38. The molecule has 0 amide bonds. The minimum Gasteiger partial charge on any atom is -0.497 e. The first-order chi connectivity index (χ1) is 8.69. The van der Waals surface area contributed by atoms with Gasteiger partial charge in [0.05, 0.1) is 7.11 Å². The Labute approximate surface area is 109 Å². The van der Waals surface area contributed by atoms with Gasteiger partial charge in [0.1, 0.15) is 5.75 Å². The van der Waals surface area contributed by atoms with Crippen molar-refractivity contribution in [3.63, 3.8) is 0 Å². The van der Waals surface area contributed by atoms with Crippen molar-refractivity contribution < 1.29 is 4.74 Å². The Morgan fingerprint density at radius 3 is 2.28 bits per heavy atom. The molecule has 1 aliphatic rings. The number of piperazine rings is 1. The van der Waals surface area contributed by atoms with Crippen LogP contribution in [0.15, 0.2) is 24.3 Å². The van der Waals surface area contributed by atoms with Gasteiger partial charge >= 0.3 is 0 Å². The molecule has 4 heteroatoms. The molecule has 2 N–H and O–H groups in total. The third-order valence-electron chi connectivity index (χ3n) is 3.36. The zero-order chi connectivity index (χ0) is 13.0. The van der Waals surface area contributed by atoms with Crippen LogP contribution in [0.4, 0.5) is 5.69 Å². The Bertz CT molecular complexity index is 356. The summed E-state index contributed by atoms with van der Waals surface area (Å²) in [4.78, 5) is 4.85. The maximum atomic E-state index is 5.83. The van der Waals surface area contributed by atoms with E-state index in [9.17, 15) is 0 Å². The molecule has 2 rings (SSSR count). The summed E-state index contributed by atoms with van der Waals surface area (Å²) in [6.07, 6.45) is 0. The van der Waals surface area contributed by atoms with Crippen molar-refractivity contribution in [2.75, 3.05) is 44.7 Å². The first-order valence-electron chi connectivity index (χ1n) is 6.56. The van der Waals surface area contributed by atoms with Gasteiger partial charge in [-0.05, 0) is 31.2 Å². The van der Waals surface area contributed by atoms with Crippen LogP contribution in [0.5, 0.6) is 5.75 Å². The van der Waals surface area contributed by atoms with Gasteiger partial charge in [0, 0.05) is 44.5 Å². The van der Waals surface area contributed by atoms with Crippen LogP contribution in [0.1, 0.15) is 6.92 Å². The summed E-state index contributed by atoms with van der Waals surface area (Å²) < 4.78 is 5.18. The van der Waals surface area contributed by atoms with Crippen molar-refractivity contribution in [3.8, 4) is 5.75 Å². The summed E-state index contributed by atoms with van der Waals surface area (Å²) in [5.74, 6) is 0.911. The normalized spacial score (nSPS) is 18.7. The van der Waals surface area contributed by atoms with Gasteiger partial charge < -0.3 is 15.4 Å². The molecule has 1 saturated heterocycles. The smallest absolute Gasteiger partial charge is 0.119 e. The van der Waals surface area contributed by atoms with Crippen LogP contribution in [-0.2, 0) is 0 Å². The lowest BCUT2D eigenvalue weighted by Gasteiger charge is -2.36. The van der Waals surface area contributed by atoms with E-state index in [1.165, 1.54) is 5.69 Å². The summed E-state index contributed by atoms with van der Waals surface area (Å²) in [5, 5.41) is 0. The largest absolute Gasteiger partial charge is 0.497 e. The molecule has 0 spiro atoms. The number of nitrogens with zero attached hydrogens (tertiary/aromatic N) is 2. The number of hydrogen-bond acceptors (Lipinski definition) is 4. The zero-order valence-electron chi connectivity index (χ0n) is 11.3. The Morgan fingerprint density at radius 1 is 1.17 bits per heavy atom. The van der Waals surface area contributed by atoms with E-state index in [1.807, 2.05) is 12.1 Å². The van der Waals surface area contributed by atoms with Gasteiger partial charge in [-0.25, -0.2) is 0 Å². The van der Waals surface area contributed by atoms with Gasteiger partial charge in [-0.15, -0.1) is 0 Å². The molecule has 0 aromatic heterocycles. The SMILES string of the molecule is COc1ccc(N2CCN(C[C@H](C)N)CC2)cc1. The molecule has 1 aromatic rings. The van der Waals surface area contributed by atoms with Crippen LogP contribution in [0.2, 0.25) is 0 Å². The first kappa shape index (κ1) is 13.2. The van der Waals surface area contributed by atoms with Gasteiger partial charge in [0.2, 0.25) is 0 Å². The molecule has 0 unspecified atom stereocenters. The van der Waals surface area contributed by atoms with Crippen LogP contribution in [-0.4, -0.2) is 50.8 Å². The van der Waals surface area contributed by atoms with E-state index in [1.54, 1.807) is 7.11 Å². The maximum Gasteiger partial charge on any atom is 0.119 e. The molecule has 1 fully saturated rings. The van der Waals surface area contributed by atoms with E-state index in [-0.39, 0.29) is 6.04 Å². The molecule has 1 atom stereocenters. The average Bonchev–Trinajstić information content (AvgIpc) is 2.39. The van der Waals surface area contributed by atoms with E-state index in [0.29, 0.717) is 0 Å². The van der Waals surface area contributed by atoms with Crippen LogP contribution < -0.4 is 15.4 Å². The summed E-state index contributed by atoms with van der Waals surface area (Å²) in [6, 6.07) is 8.55. The second kappa shape index (κ2) is 6.07. The van der Waals surface area contributed by atoms with Crippen molar-refractivity contribution >= 4 is 5.69 Å². The topological polar surface area (TPSA) is 41.7 Å². The quantitative estimate of drug-likeness (QED) is 0.869. The van der Waals surface area contributed by atoms with E-state index in [0.717, 1.165) is 38.5 Å². The molecule has 100 valence electrons.